The molecule has 0 amide bonds. The molecular weight excluding hydrogens is 324 g/mol. The minimum atomic E-state index is 0.0335. The maximum absolute atomic E-state index is 6.35. The number of rotatable bonds is 4. The lowest BCUT2D eigenvalue weighted by molar-refractivity contribution is -0.0371. The Morgan fingerprint density at radius 2 is 2.04 bits per heavy atom. The lowest BCUT2D eigenvalue weighted by Crippen LogP contribution is -2.49. The third-order valence-corrected chi connectivity index (χ3v) is 5.59. The number of nitrogens with one attached hydrogen (secondary N) is 1. The standard InChI is InChI=1S/C21H22N4O/c1-2-8-19-17(7-1)18(14-21(26-19)9-4-10-21)23-15-16-6-3-11-22-20(16)25-13-5-12-24-25/h1-3,5-8,11-13,18,23H,4,9-10,14-15H2. The van der Waals surface area contributed by atoms with E-state index in [9.17, 15) is 0 Å². The van der Waals surface area contributed by atoms with Gasteiger partial charge in [0.05, 0.1) is 0 Å². The number of hydrogen-bond acceptors (Lipinski definition) is 4. The molecule has 1 aliphatic carbocycles. The predicted octanol–water partition coefficient (Wildman–Crippen LogP) is 3.80. The summed E-state index contributed by atoms with van der Waals surface area (Å²) in [4.78, 5) is 4.52. The van der Waals surface area contributed by atoms with E-state index in [0.29, 0.717) is 6.04 Å². The van der Waals surface area contributed by atoms with Crippen molar-refractivity contribution in [3.8, 4) is 11.6 Å². The molecule has 2 aromatic heterocycles. The molecule has 0 saturated heterocycles. The van der Waals surface area contributed by atoms with Crippen LogP contribution in [0.15, 0.2) is 61.1 Å². The minimum Gasteiger partial charge on any atom is -0.487 e. The number of ether oxygens (including phenoxy) is 1. The molecule has 1 spiro atoms. The first-order chi connectivity index (χ1) is 12.8. The van der Waals surface area contributed by atoms with E-state index in [1.165, 1.54) is 12.0 Å². The molecule has 5 rings (SSSR count). The van der Waals surface area contributed by atoms with Gasteiger partial charge in [-0.25, -0.2) is 9.67 Å². The molecule has 5 nitrogen and oxygen atoms in total. The molecule has 3 heterocycles. The zero-order valence-corrected chi connectivity index (χ0v) is 14.6. The van der Waals surface area contributed by atoms with Crippen molar-refractivity contribution in [3.63, 3.8) is 0 Å². The number of pyridine rings is 1. The highest BCUT2D eigenvalue weighted by atomic mass is 16.5. The van der Waals surface area contributed by atoms with Gasteiger partial charge >= 0.3 is 0 Å². The van der Waals surface area contributed by atoms with Gasteiger partial charge in [0.15, 0.2) is 5.82 Å². The Morgan fingerprint density at radius 1 is 1.12 bits per heavy atom. The molecule has 1 N–H and O–H groups in total. The topological polar surface area (TPSA) is 52.0 Å². The van der Waals surface area contributed by atoms with Crippen LogP contribution in [0.4, 0.5) is 0 Å². The van der Waals surface area contributed by atoms with Crippen LogP contribution in [0.3, 0.4) is 0 Å². The molecule has 0 radical (unpaired) electrons. The molecule has 1 aromatic carbocycles. The van der Waals surface area contributed by atoms with Gasteiger partial charge in [0.1, 0.15) is 11.4 Å². The van der Waals surface area contributed by atoms with E-state index in [2.05, 4.69) is 45.7 Å². The van der Waals surface area contributed by atoms with Crippen LogP contribution in [-0.4, -0.2) is 20.4 Å². The molecule has 132 valence electrons. The Morgan fingerprint density at radius 3 is 2.85 bits per heavy atom. The quantitative estimate of drug-likeness (QED) is 0.781. The second-order valence-electron chi connectivity index (χ2n) is 7.25. The Labute approximate surface area is 153 Å². The Balaban J connectivity index is 1.41. The highest BCUT2D eigenvalue weighted by Gasteiger charge is 2.45. The normalized spacial score (nSPS) is 20.2. The van der Waals surface area contributed by atoms with E-state index in [4.69, 9.17) is 4.74 Å². The van der Waals surface area contributed by atoms with Gasteiger partial charge in [0.2, 0.25) is 0 Å². The van der Waals surface area contributed by atoms with Crippen molar-refractivity contribution in [3.05, 3.63) is 72.2 Å². The maximum Gasteiger partial charge on any atom is 0.157 e. The van der Waals surface area contributed by atoms with Crippen LogP contribution in [0.25, 0.3) is 5.82 Å². The maximum atomic E-state index is 6.35. The largest absolute Gasteiger partial charge is 0.487 e. The summed E-state index contributed by atoms with van der Waals surface area (Å²) in [5, 5.41) is 8.09. The van der Waals surface area contributed by atoms with Crippen molar-refractivity contribution in [2.24, 2.45) is 0 Å². The molecule has 26 heavy (non-hydrogen) atoms. The summed E-state index contributed by atoms with van der Waals surface area (Å²) in [5.41, 5.74) is 2.43. The lowest BCUT2D eigenvalue weighted by Gasteiger charge is -2.48. The van der Waals surface area contributed by atoms with Gasteiger partial charge in [0, 0.05) is 48.7 Å². The monoisotopic (exact) mass is 346 g/mol. The van der Waals surface area contributed by atoms with Crippen LogP contribution < -0.4 is 10.1 Å². The molecule has 1 saturated carbocycles. The molecule has 1 atom stereocenters. The number of para-hydroxylation sites is 1. The van der Waals surface area contributed by atoms with E-state index < -0.39 is 0 Å². The van der Waals surface area contributed by atoms with Crippen molar-refractivity contribution in [1.82, 2.24) is 20.1 Å². The first-order valence-corrected chi connectivity index (χ1v) is 9.28. The van der Waals surface area contributed by atoms with Crippen LogP contribution >= 0.6 is 0 Å². The fraction of sp³-hybridized carbons (Fsp3) is 0.333. The van der Waals surface area contributed by atoms with Gasteiger partial charge in [0.25, 0.3) is 0 Å². The van der Waals surface area contributed by atoms with Crippen LogP contribution in [0.2, 0.25) is 0 Å². The molecular formula is C21H22N4O. The van der Waals surface area contributed by atoms with Crippen LogP contribution in [0, 0.1) is 0 Å². The number of nitrogens with zero attached hydrogens (tertiary/aromatic N) is 3. The SMILES string of the molecule is c1cnc(-n2cccn2)c(CNC2CC3(CCC3)Oc3ccccc32)c1. The third kappa shape index (κ3) is 2.69. The van der Waals surface area contributed by atoms with Gasteiger partial charge < -0.3 is 10.1 Å². The molecule has 3 aromatic rings. The molecule has 1 aliphatic heterocycles. The van der Waals surface area contributed by atoms with E-state index in [0.717, 1.165) is 42.9 Å². The molecule has 1 unspecified atom stereocenters. The average molecular weight is 346 g/mol. The van der Waals surface area contributed by atoms with Crippen molar-refractivity contribution in [2.75, 3.05) is 0 Å². The number of benzene rings is 1. The van der Waals surface area contributed by atoms with Crippen molar-refractivity contribution in [2.45, 2.75) is 43.9 Å². The molecule has 1 fully saturated rings. The number of hydrogen-bond donors (Lipinski definition) is 1. The number of aromatic nitrogens is 3. The van der Waals surface area contributed by atoms with E-state index in [1.807, 2.05) is 29.2 Å². The summed E-state index contributed by atoms with van der Waals surface area (Å²) in [6.45, 7) is 0.748. The van der Waals surface area contributed by atoms with Crippen LogP contribution in [-0.2, 0) is 6.54 Å². The van der Waals surface area contributed by atoms with Gasteiger partial charge in [-0.05, 0) is 37.5 Å². The van der Waals surface area contributed by atoms with Gasteiger partial charge in [-0.15, -0.1) is 0 Å². The first-order valence-electron chi connectivity index (χ1n) is 9.28. The third-order valence-electron chi connectivity index (χ3n) is 5.59. The summed E-state index contributed by atoms with van der Waals surface area (Å²) >= 11 is 0. The van der Waals surface area contributed by atoms with Crippen LogP contribution in [0.1, 0.15) is 42.9 Å². The van der Waals surface area contributed by atoms with Gasteiger partial charge in [-0.1, -0.05) is 24.3 Å². The summed E-state index contributed by atoms with van der Waals surface area (Å²) in [6.07, 6.45) is 10.1. The van der Waals surface area contributed by atoms with Crippen molar-refractivity contribution >= 4 is 0 Å². The summed E-state index contributed by atoms with van der Waals surface area (Å²) in [7, 11) is 0. The molecule has 0 bridgehead atoms. The summed E-state index contributed by atoms with van der Waals surface area (Å²) in [6, 6.07) is 14.7. The van der Waals surface area contributed by atoms with Gasteiger partial charge in [-0.3, -0.25) is 0 Å². The smallest absolute Gasteiger partial charge is 0.157 e. The van der Waals surface area contributed by atoms with Gasteiger partial charge in [-0.2, -0.15) is 5.10 Å². The fourth-order valence-electron chi connectivity index (χ4n) is 4.08. The Kier molecular flexibility index (Phi) is 3.75. The minimum absolute atomic E-state index is 0.0335. The zero-order chi connectivity index (χ0) is 17.4. The second-order valence-corrected chi connectivity index (χ2v) is 7.25. The predicted molar refractivity (Wildman–Crippen MR) is 99.2 cm³/mol. The van der Waals surface area contributed by atoms with E-state index in [-0.39, 0.29) is 5.60 Å². The highest BCUT2D eigenvalue weighted by molar-refractivity contribution is 5.40. The first kappa shape index (κ1) is 15.6. The molecule has 2 aliphatic rings. The average Bonchev–Trinajstić information content (AvgIpc) is 3.19. The van der Waals surface area contributed by atoms with Crippen molar-refractivity contribution < 1.29 is 4.74 Å². The van der Waals surface area contributed by atoms with Crippen LogP contribution in [0.5, 0.6) is 5.75 Å². The van der Waals surface area contributed by atoms with E-state index >= 15 is 0 Å². The number of fused-ring (bicyclic) bond motifs is 1. The Hall–Kier alpha value is -2.66. The molecule has 5 heteroatoms. The fourth-order valence-corrected chi connectivity index (χ4v) is 4.08. The summed E-state index contributed by atoms with van der Waals surface area (Å²) < 4.78 is 8.18. The van der Waals surface area contributed by atoms with Crippen molar-refractivity contribution in [1.29, 1.82) is 0 Å². The summed E-state index contributed by atoms with van der Waals surface area (Å²) in [5.74, 6) is 1.91. The second kappa shape index (κ2) is 6.25. The lowest BCUT2D eigenvalue weighted by atomic mass is 9.73. The zero-order valence-electron chi connectivity index (χ0n) is 14.6. The Bertz CT molecular complexity index is 902. The van der Waals surface area contributed by atoms with E-state index in [1.54, 1.807) is 6.20 Å². The highest BCUT2D eigenvalue weighted by Crippen LogP contribution is 2.48.